The molecule has 5 nitrogen and oxygen atoms in total. The second-order valence-corrected chi connectivity index (χ2v) is 21.0. The van der Waals surface area contributed by atoms with E-state index >= 15 is 0 Å². The van der Waals surface area contributed by atoms with Gasteiger partial charge in [-0.15, -0.1) is 0 Å². The van der Waals surface area contributed by atoms with Crippen molar-refractivity contribution in [2.75, 3.05) is 19.8 Å². The van der Waals surface area contributed by atoms with E-state index in [2.05, 4.69) is 45.1 Å². The zero-order valence-electron chi connectivity index (χ0n) is 46.4. The van der Waals surface area contributed by atoms with Crippen molar-refractivity contribution in [1.82, 2.24) is 0 Å². The molecule has 0 aliphatic carbocycles. The zero-order valence-corrected chi connectivity index (χ0v) is 46.4. The summed E-state index contributed by atoms with van der Waals surface area (Å²) >= 11 is 0. The molecule has 0 N–H and O–H groups in total. The summed E-state index contributed by atoms with van der Waals surface area (Å²) in [6, 6.07) is 0. The zero-order chi connectivity index (χ0) is 49.2. The molecule has 0 rings (SSSR count). The summed E-state index contributed by atoms with van der Waals surface area (Å²) in [5.41, 5.74) is 0. The SMILES string of the molecule is CCCCCC/C=C\CCCCCCCC(=O)OC(COCCCCCCCCCCCC/C=C\CCCCCCCC)COC(=O)CCCCCCCCCCCCCCCCCCCCC. The quantitative estimate of drug-likeness (QED) is 0.0345. The van der Waals surface area contributed by atoms with E-state index in [-0.39, 0.29) is 18.5 Å². The Morgan fingerprint density at radius 3 is 0.912 bits per heavy atom. The van der Waals surface area contributed by atoms with Crippen LogP contribution in [0.4, 0.5) is 0 Å². The minimum absolute atomic E-state index is 0.0891. The molecule has 0 heterocycles. The second-order valence-electron chi connectivity index (χ2n) is 21.0. The van der Waals surface area contributed by atoms with Crippen LogP contribution in [0.25, 0.3) is 0 Å². The van der Waals surface area contributed by atoms with Crippen molar-refractivity contribution in [2.24, 2.45) is 0 Å². The van der Waals surface area contributed by atoms with Crippen molar-refractivity contribution in [3.8, 4) is 0 Å². The Bertz CT molecular complexity index is 1040. The van der Waals surface area contributed by atoms with Crippen LogP contribution in [-0.4, -0.2) is 37.9 Å². The van der Waals surface area contributed by atoms with E-state index in [1.807, 2.05) is 0 Å². The van der Waals surface area contributed by atoms with Gasteiger partial charge in [-0.3, -0.25) is 9.59 Å². The molecule has 0 aromatic rings. The summed E-state index contributed by atoms with van der Waals surface area (Å²) in [6.45, 7) is 7.88. The van der Waals surface area contributed by atoms with Gasteiger partial charge in [0.1, 0.15) is 6.61 Å². The molecule has 1 atom stereocenters. The molecule has 0 saturated heterocycles. The molecular weight excluding hydrogens is 837 g/mol. The molecule has 402 valence electrons. The average Bonchev–Trinajstić information content (AvgIpc) is 3.34. The van der Waals surface area contributed by atoms with Crippen LogP contribution >= 0.6 is 0 Å². The summed E-state index contributed by atoms with van der Waals surface area (Å²) < 4.78 is 17.5. The van der Waals surface area contributed by atoms with Gasteiger partial charge < -0.3 is 14.2 Å². The largest absolute Gasteiger partial charge is 0.462 e. The first-order valence-electron chi connectivity index (χ1n) is 30.9. The Balaban J connectivity index is 4.18. The lowest BCUT2D eigenvalue weighted by atomic mass is 10.0. The summed E-state index contributed by atoms with van der Waals surface area (Å²) in [7, 11) is 0. The molecule has 0 aliphatic rings. The van der Waals surface area contributed by atoms with Gasteiger partial charge in [-0.05, 0) is 70.6 Å². The van der Waals surface area contributed by atoms with Gasteiger partial charge in [0.15, 0.2) is 6.10 Å². The lowest BCUT2D eigenvalue weighted by Crippen LogP contribution is -2.30. The third kappa shape index (κ3) is 57.0. The fraction of sp³-hybridized carbons (Fsp3) is 0.905. The second kappa shape index (κ2) is 59.7. The Labute approximate surface area is 426 Å². The van der Waals surface area contributed by atoms with E-state index in [1.54, 1.807) is 0 Å². The van der Waals surface area contributed by atoms with Crippen molar-refractivity contribution in [2.45, 2.75) is 348 Å². The van der Waals surface area contributed by atoms with Crippen molar-refractivity contribution >= 4 is 11.9 Å². The molecule has 0 spiro atoms. The maximum absolute atomic E-state index is 12.9. The Morgan fingerprint density at radius 2 is 0.574 bits per heavy atom. The Morgan fingerprint density at radius 1 is 0.309 bits per heavy atom. The van der Waals surface area contributed by atoms with Crippen LogP contribution in [0.1, 0.15) is 342 Å². The van der Waals surface area contributed by atoms with Crippen molar-refractivity contribution in [3.63, 3.8) is 0 Å². The van der Waals surface area contributed by atoms with Gasteiger partial charge in [0.25, 0.3) is 0 Å². The fourth-order valence-electron chi connectivity index (χ4n) is 9.33. The molecule has 5 heteroatoms. The number of esters is 2. The maximum atomic E-state index is 12.9. The predicted octanol–water partition coefficient (Wildman–Crippen LogP) is 21.1. The molecule has 0 aromatic carbocycles. The third-order valence-corrected chi connectivity index (χ3v) is 14.0. The average molecular weight is 958 g/mol. The van der Waals surface area contributed by atoms with Crippen molar-refractivity contribution < 1.29 is 23.8 Å². The van der Waals surface area contributed by atoms with Crippen LogP contribution in [0.3, 0.4) is 0 Å². The molecule has 68 heavy (non-hydrogen) atoms. The van der Waals surface area contributed by atoms with Gasteiger partial charge >= 0.3 is 11.9 Å². The summed E-state index contributed by atoms with van der Waals surface area (Å²) in [4.78, 5) is 25.5. The summed E-state index contributed by atoms with van der Waals surface area (Å²) in [5.74, 6) is -0.384. The van der Waals surface area contributed by atoms with E-state index in [0.717, 1.165) is 44.9 Å². The van der Waals surface area contributed by atoms with Crippen LogP contribution in [0.5, 0.6) is 0 Å². The number of carbonyl (C=O) groups is 2. The highest BCUT2D eigenvalue weighted by molar-refractivity contribution is 5.70. The van der Waals surface area contributed by atoms with Gasteiger partial charge in [0, 0.05) is 19.4 Å². The lowest BCUT2D eigenvalue weighted by molar-refractivity contribution is -0.163. The molecule has 1 unspecified atom stereocenters. The van der Waals surface area contributed by atoms with Crippen LogP contribution in [0, 0.1) is 0 Å². The third-order valence-electron chi connectivity index (χ3n) is 14.0. The van der Waals surface area contributed by atoms with Crippen LogP contribution in [-0.2, 0) is 23.8 Å². The Kier molecular flexibility index (Phi) is 58.3. The van der Waals surface area contributed by atoms with Gasteiger partial charge in [0.2, 0.25) is 0 Å². The number of allylic oxidation sites excluding steroid dienone is 4. The van der Waals surface area contributed by atoms with Crippen molar-refractivity contribution in [3.05, 3.63) is 24.3 Å². The maximum Gasteiger partial charge on any atom is 0.306 e. The summed E-state index contributed by atoms with van der Waals surface area (Å²) in [5, 5.41) is 0. The van der Waals surface area contributed by atoms with E-state index in [0.29, 0.717) is 26.1 Å². The lowest BCUT2D eigenvalue weighted by Gasteiger charge is -2.18. The predicted molar refractivity (Wildman–Crippen MR) is 298 cm³/mol. The van der Waals surface area contributed by atoms with Crippen LogP contribution < -0.4 is 0 Å². The normalized spacial score (nSPS) is 12.2. The number of hydrogen-bond acceptors (Lipinski definition) is 5. The highest BCUT2D eigenvalue weighted by Gasteiger charge is 2.18. The summed E-state index contributed by atoms with van der Waals surface area (Å²) in [6.07, 6.45) is 72.1. The number of unbranched alkanes of at least 4 members (excludes halogenated alkanes) is 43. The number of hydrogen-bond donors (Lipinski definition) is 0. The van der Waals surface area contributed by atoms with Gasteiger partial charge in [-0.1, -0.05) is 283 Å². The minimum atomic E-state index is -0.536. The van der Waals surface area contributed by atoms with Gasteiger partial charge in [0.05, 0.1) is 6.61 Å². The standard InChI is InChI=1S/C63H120O5/c1-4-7-10-13-16-19-22-25-27-29-31-33-35-37-40-43-46-49-52-55-58-66-59-61(68-63(65)57-54-51-48-45-42-38-24-21-18-15-12-9-6-3)60-67-62(64)56-53-50-47-44-41-39-36-34-32-30-28-26-23-20-17-14-11-8-5-2/h21,24-25,27,61H,4-20,22-23,26,28-60H2,1-3H3/b24-21-,27-25-. The highest BCUT2D eigenvalue weighted by atomic mass is 16.6. The molecular formula is C63H120O5. The molecule has 0 saturated carbocycles. The molecule has 0 fully saturated rings. The molecule has 0 amide bonds. The van der Waals surface area contributed by atoms with Crippen LogP contribution in [0.15, 0.2) is 24.3 Å². The smallest absolute Gasteiger partial charge is 0.306 e. The van der Waals surface area contributed by atoms with E-state index in [1.165, 1.54) is 263 Å². The minimum Gasteiger partial charge on any atom is -0.462 e. The number of rotatable bonds is 58. The van der Waals surface area contributed by atoms with Crippen molar-refractivity contribution in [1.29, 1.82) is 0 Å². The molecule has 0 aromatic heterocycles. The van der Waals surface area contributed by atoms with Crippen LogP contribution in [0.2, 0.25) is 0 Å². The van der Waals surface area contributed by atoms with Gasteiger partial charge in [-0.2, -0.15) is 0 Å². The number of carbonyl (C=O) groups excluding carboxylic acids is 2. The topological polar surface area (TPSA) is 61.8 Å². The molecule has 0 radical (unpaired) electrons. The van der Waals surface area contributed by atoms with E-state index < -0.39 is 6.10 Å². The van der Waals surface area contributed by atoms with E-state index in [9.17, 15) is 9.59 Å². The number of ether oxygens (including phenoxy) is 3. The first-order valence-corrected chi connectivity index (χ1v) is 30.9. The molecule has 0 aliphatic heterocycles. The highest BCUT2D eigenvalue weighted by Crippen LogP contribution is 2.17. The van der Waals surface area contributed by atoms with E-state index in [4.69, 9.17) is 14.2 Å². The fourth-order valence-corrected chi connectivity index (χ4v) is 9.33. The monoisotopic (exact) mass is 957 g/mol. The first kappa shape index (κ1) is 66.4. The first-order chi connectivity index (χ1) is 33.6. The van der Waals surface area contributed by atoms with Gasteiger partial charge in [-0.25, -0.2) is 0 Å². The Hall–Kier alpha value is -1.62. The molecule has 0 bridgehead atoms.